The van der Waals surface area contributed by atoms with Gasteiger partial charge in [-0.25, -0.2) is 4.68 Å². The first-order valence-corrected chi connectivity index (χ1v) is 11.3. The van der Waals surface area contributed by atoms with E-state index in [4.69, 9.17) is 16.3 Å². The molecule has 0 amide bonds. The van der Waals surface area contributed by atoms with Gasteiger partial charge >= 0.3 is 0 Å². The maximum absolute atomic E-state index is 14.5. The summed E-state index contributed by atoms with van der Waals surface area (Å²) in [6, 6.07) is 5.23. The molecule has 0 saturated carbocycles. The van der Waals surface area contributed by atoms with Crippen molar-refractivity contribution in [1.82, 2.24) is 25.3 Å². The number of thiophene rings is 1. The van der Waals surface area contributed by atoms with E-state index in [1.165, 1.54) is 17.4 Å². The molecule has 6 nitrogen and oxygen atoms in total. The van der Waals surface area contributed by atoms with Gasteiger partial charge in [-0.05, 0) is 38.0 Å². The van der Waals surface area contributed by atoms with E-state index in [1.54, 1.807) is 4.68 Å². The molecule has 1 saturated heterocycles. The Morgan fingerprint density at radius 1 is 1.35 bits per heavy atom. The Labute approximate surface area is 187 Å². The highest BCUT2D eigenvalue weighted by Gasteiger charge is 2.53. The van der Waals surface area contributed by atoms with Crippen LogP contribution in [0.4, 0.5) is 8.78 Å². The zero-order valence-corrected chi connectivity index (χ0v) is 18.7. The minimum absolute atomic E-state index is 0.00398. The van der Waals surface area contributed by atoms with Crippen LogP contribution in [0, 0.1) is 6.92 Å². The third-order valence-corrected chi connectivity index (χ3v) is 7.35. The number of aryl methyl sites for hydroxylation is 1. The van der Waals surface area contributed by atoms with Crippen molar-refractivity contribution < 1.29 is 13.5 Å². The number of ether oxygens (including phenoxy) is 1. The topological polar surface area (TPSA) is 64.9 Å². The number of nitrogens with zero attached hydrogens (tertiary/aromatic N) is 4. The van der Waals surface area contributed by atoms with E-state index >= 15 is 0 Å². The lowest BCUT2D eigenvalue weighted by Gasteiger charge is -2.47. The van der Waals surface area contributed by atoms with Gasteiger partial charge in [-0.2, -0.15) is 8.78 Å². The average Bonchev–Trinajstić information content (AvgIpc) is 3.35. The molecule has 0 radical (unpaired) electrons. The number of pyridine rings is 1. The number of rotatable bonds is 3. The molecule has 1 spiro atoms. The largest absolute Gasteiger partial charge is 0.363 e. The van der Waals surface area contributed by atoms with Crippen molar-refractivity contribution in [3.63, 3.8) is 0 Å². The summed E-state index contributed by atoms with van der Waals surface area (Å²) in [6.07, 6.45) is 4.77. The molecular formula is C21H22ClF2N5OS. The summed E-state index contributed by atoms with van der Waals surface area (Å²) in [7, 11) is 0. The lowest BCUT2D eigenvalue weighted by Crippen LogP contribution is -2.51. The van der Waals surface area contributed by atoms with E-state index < -0.39 is 18.1 Å². The second kappa shape index (κ2) is 7.58. The van der Waals surface area contributed by atoms with Gasteiger partial charge in [0.25, 0.3) is 5.92 Å². The molecule has 5 heterocycles. The minimum atomic E-state index is -3.03. The van der Waals surface area contributed by atoms with E-state index in [1.807, 2.05) is 38.4 Å². The fourth-order valence-electron chi connectivity index (χ4n) is 4.51. The van der Waals surface area contributed by atoms with Crippen molar-refractivity contribution in [2.24, 2.45) is 0 Å². The van der Waals surface area contributed by atoms with Crippen LogP contribution in [0.3, 0.4) is 0 Å². The van der Waals surface area contributed by atoms with Gasteiger partial charge in [0.2, 0.25) is 0 Å². The first kappa shape index (κ1) is 20.9. The zero-order valence-electron chi connectivity index (χ0n) is 17.1. The molecule has 3 atom stereocenters. The molecule has 10 heteroatoms. The Bertz CT molecular complexity index is 1100. The number of hydrogen-bond donors (Lipinski definition) is 1. The molecule has 2 aliphatic rings. The molecule has 1 N–H and O–H groups in total. The highest BCUT2D eigenvalue weighted by Crippen LogP contribution is 2.54. The standard InChI is InChI=1S/C21H22ClF2N5OS/c1-12-3-4-14(25-8-12)9-29-10-17(27-28-29)16-7-20(6-13(2)26-16)19-15(5-18(22)31-19)21(23,24)11-30-20/h3-5,8,10,13,16,26H,6-7,9,11H2,1-2H3/t13-,16-,20-/m0/s1. The van der Waals surface area contributed by atoms with Crippen molar-refractivity contribution in [2.75, 3.05) is 6.61 Å². The van der Waals surface area contributed by atoms with E-state index in [-0.39, 0.29) is 17.6 Å². The van der Waals surface area contributed by atoms with E-state index in [2.05, 4.69) is 20.6 Å². The fourth-order valence-corrected chi connectivity index (χ4v) is 5.96. The predicted octanol–water partition coefficient (Wildman–Crippen LogP) is 4.58. The van der Waals surface area contributed by atoms with Gasteiger partial charge in [0, 0.05) is 29.1 Å². The molecule has 164 valence electrons. The van der Waals surface area contributed by atoms with Crippen LogP contribution < -0.4 is 5.32 Å². The van der Waals surface area contributed by atoms with Crippen molar-refractivity contribution in [2.45, 2.75) is 56.8 Å². The van der Waals surface area contributed by atoms with Gasteiger partial charge in [-0.15, -0.1) is 16.4 Å². The molecule has 0 unspecified atom stereocenters. The van der Waals surface area contributed by atoms with Crippen LogP contribution >= 0.6 is 22.9 Å². The number of nitrogens with one attached hydrogen (secondary N) is 1. The maximum Gasteiger partial charge on any atom is 0.297 e. The van der Waals surface area contributed by atoms with Crippen LogP contribution in [0.5, 0.6) is 0 Å². The van der Waals surface area contributed by atoms with Crippen molar-refractivity contribution in [3.05, 3.63) is 62.3 Å². The van der Waals surface area contributed by atoms with Crippen LogP contribution in [-0.4, -0.2) is 32.6 Å². The van der Waals surface area contributed by atoms with Crippen LogP contribution in [0.1, 0.15) is 53.2 Å². The SMILES string of the molecule is Cc1ccc(Cn2cc([C@@H]3C[C@]4(C[C@H](C)N3)OCC(F)(F)c3cc(Cl)sc34)nn2)nc1. The summed E-state index contributed by atoms with van der Waals surface area (Å²) in [5.41, 5.74) is 1.92. The second-order valence-electron chi connectivity index (χ2n) is 8.48. The first-order chi connectivity index (χ1) is 14.7. The number of hydrogen-bond acceptors (Lipinski definition) is 6. The molecule has 1 fully saturated rings. The smallest absolute Gasteiger partial charge is 0.297 e. The fraction of sp³-hybridized carbons (Fsp3) is 0.476. The van der Waals surface area contributed by atoms with Crippen LogP contribution in [-0.2, 0) is 22.8 Å². The Morgan fingerprint density at radius 2 is 2.19 bits per heavy atom. The maximum atomic E-state index is 14.5. The summed E-state index contributed by atoms with van der Waals surface area (Å²) >= 11 is 7.33. The summed E-state index contributed by atoms with van der Waals surface area (Å²) in [6.45, 7) is 3.89. The van der Waals surface area contributed by atoms with Gasteiger partial charge in [0.05, 0.1) is 34.5 Å². The molecule has 5 rings (SSSR count). The quantitative estimate of drug-likeness (QED) is 0.613. The molecular weight excluding hydrogens is 444 g/mol. The third kappa shape index (κ3) is 3.88. The van der Waals surface area contributed by atoms with E-state index in [0.717, 1.165) is 17.0 Å². The number of piperidine rings is 1. The van der Waals surface area contributed by atoms with Crippen molar-refractivity contribution in [1.29, 1.82) is 0 Å². The molecule has 3 aromatic rings. The number of halogens is 3. The average molecular weight is 466 g/mol. The molecule has 2 aliphatic heterocycles. The molecule has 3 aromatic heterocycles. The minimum Gasteiger partial charge on any atom is -0.363 e. The third-order valence-electron chi connectivity index (χ3n) is 5.91. The highest BCUT2D eigenvalue weighted by molar-refractivity contribution is 7.16. The normalized spacial score (nSPS) is 27.4. The molecule has 0 bridgehead atoms. The van der Waals surface area contributed by atoms with Gasteiger partial charge in [0.15, 0.2) is 0 Å². The van der Waals surface area contributed by atoms with Crippen molar-refractivity contribution in [3.8, 4) is 0 Å². The second-order valence-corrected chi connectivity index (χ2v) is 10.2. The number of aromatic nitrogens is 4. The molecule has 0 aromatic carbocycles. The monoisotopic (exact) mass is 465 g/mol. The Balaban J connectivity index is 1.42. The number of fused-ring (bicyclic) bond motifs is 2. The van der Waals surface area contributed by atoms with Gasteiger partial charge in [0.1, 0.15) is 12.2 Å². The summed E-state index contributed by atoms with van der Waals surface area (Å²) in [4.78, 5) is 4.94. The Hall–Kier alpha value is -1.94. The van der Waals surface area contributed by atoms with Crippen LogP contribution in [0.15, 0.2) is 30.6 Å². The Kier molecular flexibility index (Phi) is 5.12. The summed E-state index contributed by atoms with van der Waals surface area (Å²) in [5, 5.41) is 12.1. The van der Waals surface area contributed by atoms with Gasteiger partial charge in [-0.1, -0.05) is 22.9 Å². The molecule has 0 aliphatic carbocycles. The van der Waals surface area contributed by atoms with Gasteiger partial charge in [-0.3, -0.25) is 4.98 Å². The van der Waals surface area contributed by atoms with Gasteiger partial charge < -0.3 is 10.1 Å². The Morgan fingerprint density at radius 3 is 2.97 bits per heavy atom. The van der Waals surface area contributed by atoms with Crippen molar-refractivity contribution >= 4 is 22.9 Å². The summed E-state index contributed by atoms with van der Waals surface area (Å²) < 4.78 is 36.9. The van der Waals surface area contributed by atoms with E-state index in [9.17, 15) is 8.78 Å². The predicted molar refractivity (Wildman–Crippen MR) is 114 cm³/mol. The highest BCUT2D eigenvalue weighted by atomic mass is 35.5. The van der Waals surface area contributed by atoms with E-state index in [0.29, 0.717) is 28.6 Å². The molecule has 31 heavy (non-hydrogen) atoms. The van der Waals surface area contributed by atoms with Crippen LogP contribution in [0.2, 0.25) is 4.34 Å². The lowest BCUT2D eigenvalue weighted by atomic mass is 9.78. The lowest BCUT2D eigenvalue weighted by molar-refractivity contribution is -0.183. The number of alkyl halides is 2. The summed E-state index contributed by atoms with van der Waals surface area (Å²) in [5.74, 6) is -3.03. The first-order valence-electron chi connectivity index (χ1n) is 10.1. The zero-order chi connectivity index (χ0) is 21.8. The van der Waals surface area contributed by atoms with Crippen LogP contribution in [0.25, 0.3) is 0 Å².